The summed E-state index contributed by atoms with van der Waals surface area (Å²) in [6.07, 6.45) is 3.30. The quantitative estimate of drug-likeness (QED) is 0.621. The third kappa shape index (κ3) is 4.59. The summed E-state index contributed by atoms with van der Waals surface area (Å²) >= 11 is 0. The van der Waals surface area contributed by atoms with Crippen LogP contribution in [-0.2, 0) is 4.74 Å². The summed E-state index contributed by atoms with van der Waals surface area (Å²) in [5, 5.41) is 17.2. The molecule has 1 saturated heterocycles. The molecule has 2 N–H and O–H groups in total. The molecule has 2 aromatic heterocycles. The van der Waals surface area contributed by atoms with E-state index in [1.165, 1.54) is 0 Å². The topological polar surface area (TPSA) is 95.3 Å². The number of morpholine rings is 1. The molecule has 0 aliphatic carbocycles. The first kappa shape index (κ1) is 19.9. The van der Waals surface area contributed by atoms with Crippen molar-refractivity contribution in [1.82, 2.24) is 14.9 Å². The van der Waals surface area contributed by atoms with Gasteiger partial charge >= 0.3 is 0 Å². The van der Waals surface area contributed by atoms with Crippen LogP contribution in [0.5, 0.6) is 5.75 Å². The summed E-state index contributed by atoms with van der Waals surface area (Å²) < 4.78 is 10.6. The molecule has 0 atom stereocenters. The van der Waals surface area contributed by atoms with Crippen LogP contribution in [0, 0.1) is 11.3 Å². The molecule has 1 aliphatic rings. The van der Waals surface area contributed by atoms with Gasteiger partial charge in [0, 0.05) is 43.4 Å². The number of hydrogen-bond acceptors (Lipinski definition) is 8. The van der Waals surface area contributed by atoms with Gasteiger partial charge in [-0.05, 0) is 30.3 Å². The van der Waals surface area contributed by atoms with E-state index in [9.17, 15) is 5.26 Å². The predicted octanol–water partition coefficient (Wildman–Crippen LogP) is 3.00. The molecule has 3 heterocycles. The zero-order chi connectivity index (χ0) is 20.8. The van der Waals surface area contributed by atoms with E-state index >= 15 is 0 Å². The first-order valence-corrected chi connectivity index (χ1v) is 9.91. The number of nitrogens with one attached hydrogen (secondary N) is 2. The highest BCUT2D eigenvalue weighted by molar-refractivity contribution is 5.96. The third-order valence-corrected chi connectivity index (χ3v) is 5.07. The van der Waals surface area contributed by atoms with E-state index in [4.69, 9.17) is 9.47 Å². The monoisotopic (exact) mass is 404 g/mol. The lowest BCUT2D eigenvalue weighted by atomic mass is 10.1. The van der Waals surface area contributed by atoms with Gasteiger partial charge in [0.05, 0.1) is 43.3 Å². The summed E-state index contributed by atoms with van der Waals surface area (Å²) in [7, 11) is 1.63. The van der Waals surface area contributed by atoms with Crippen molar-refractivity contribution in [3.05, 3.63) is 48.3 Å². The van der Waals surface area contributed by atoms with E-state index in [2.05, 4.69) is 31.6 Å². The molecular formula is C22H24N6O2. The van der Waals surface area contributed by atoms with E-state index in [0.29, 0.717) is 11.3 Å². The van der Waals surface area contributed by atoms with Crippen LogP contribution in [0.1, 0.15) is 5.56 Å². The minimum atomic E-state index is 0.476. The number of nitriles is 1. The molecule has 0 unspecified atom stereocenters. The van der Waals surface area contributed by atoms with Gasteiger partial charge in [-0.1, -0.05) is 0 Å². The van der Waals surface area contributed by atoms with Gasteiger partial charge in [0.1, 0.15) is 17.6 Å². The molecule has 1 aromatic carbocycles. The zero-order valence-electron chi connectivity index (χ0n) is 16.9. The Balaban J connectivity index is 1.56. The fraction of sp³-hybridized carbons (Fsp3) is 0.318. The number of nitrogens with zero attached hydrogens (tertiary/aromatic N) is 4. The lowest BCUT2D eigenvalue weighted by molar-refractivity contribution is 0.0398. The Bertz CT molecular complexity index is 1040. The van der Waals surface area contributed by atoms with Crippen LogP contribution in [-0.4, -0.2) is 61.4 Å². The summed E-state index contributed by atoms with van der Waals surface area (Å²) in [5.41, 5.74) is 2.78. The van der Waals surface area contributed by atoms with Crippen molar-refractivity contribution in [3.8, 4) is 11.8 Å². The Morgan fingerprint density at radius 2 is 1.97 bits per heavy atom. The number of rotatable bonds is 7. The molecule has 30 heavy (non-hydrogen) atoms. The van der Waals surface area contributed by atoms with Crippen LogP contribution in [0.25, 0.3) is 10.9 Å². The minimum absolute atomic E-state index is 0.476. The Morgan fingerprint density at radius 1 is 1.17 bits per heavy atom. The highest BCUT2D eigenvalue weighted by Gasteiger charge is 2.12. The Labute approximate surface area is 175 Å². The van der Waals surface area contributed by atoms with Gasteiger partial charge in [0.25, 0.3) is 0 Å². The highest BCUT2D eigenvalue weighted by Crippen LogP contribution is 2.30. The average molecular weight is 404 g/mol. The molecule has 8 heteroatoms. The van der Waals surface area contributed by atoms with Gasteiger partial charge < -0.3 is 20.1 Å². The maximum atomic E-state index is 9.60. The van der Waals surface area contributed by atoms with Crippen molar-refractivity contribution in [3.63, 3.8) is 0 Å². The largest absolute Gasteiger partial charge is 0.497 e. The molecule has 0 radical (unpaired) electrons. The van der Waals surface area contributed by atoms with Gasteiger partial charge in [-0.3, -0.25) is 9.88 Å². The maximum Gasteiger partial charge on any atom is 0.126 e. The molecule has 154 valence electrons. The molecule has 1 aliphatic heterocycles. The van der Waals surface area contributed by atoms with Crippen LogP contribution in [0.3, 0.4) is 0 Å². The average Bonchev–Trinajstić information content (AvgIpc) is 2.80. The number of fused-ring (bicyclic) bond motifs is 1. The van der Waals surface area contributed by atoms with E-state index < -0.39 is 0 Å². The molecular weight excluding hydrogens is 380 g/mol. The second-order valence-corrected chi connectivity index (χ2v) is 6.98. The lowest BCUT2D eigenvalue weighted by Gasteiger charge is -2.26. The van der Waals surface area contributed by atoms with Crippen LogP contribution in [0.15, 0.2) is 42.7 Å². The summed E-state index contributed by atoms with van der Waals surface area (Å²) in [6.45, 7) is 5.20. The van der Waals surface area contributed by atoms with Gasteiger partial charge in [-0.2, -0.15) is 5.26 Å². The Hall–Kier alpha value is -3.41. The van der Waals surface area contributed by atoms with E-state index in [-0.39, 0.29) is 0 Å². The normalized spacial score (nSPS) is 14.3. The van der Waals surface area contributed by atoms with Gasteiger partial charge in [-0.15, -0.1) is 0 Å². The molecule has 0 saturated carbocycles. The summed E-state index contributed by atoms with van der Waals surface area (Å²) in [5.74, 6) is 1.53. The third-order valence-electron chi connectivity index (χ3n) is 5.07. The Kier molecular flexibility index (Phi) is 6.23. The van der Waals surface area contributed by atoms with Crippen molar-refractivity contribution >= 4 is 28.1 Å². The second-order valence-electron chi connectivity index (χ2n) is 6.98. The first-order chi connectivity index (χ1) is 14.8. The molecule has 0 spiro atoms. The standard InChI is InChI=1S/C22H24N6O2/c1-29-18-4-2-17(3-5-18)27-22-16(13-23)14-25-20-15-26-21(12-19(20)22)24-6-7-28-8-10-30-11-9-28/h2-5,12,14-15H,6-11H2,1H3,(H,24,26)(H,25,27). The Morgan fingerprint density at radius 3 is 2.70 bits per heavy atom. The number of methoxy groups -OCH3 is 1. The number of hydrogen-bond donors (Lipinski definition) is 2. The number of ether oxygens (including phenoxy) is 2. The van der Waals surface area contributed by atoms with Crippen LogP contribution in [0.4, 0.5) is 17.2 Å². The van der Waals surface area contributed by atoms with Crippen molar-refractivity contribution < 1.29 is 9.47 Å². The second kappa shape index (κ2) is 9.39. The number of aromatic nitrogens is 2. The minimum Gasteiger partial charge on any atom is -0.497 e. The van der Waals surface area contributed by atoms with E-state index in [1.807, 2.05) is 30.3 Å². The van der Waals surface area contributed by atoms with Crippen molar-refractivity contribution in [1.29, 1.82) is 5.26 Å². The van der Waals surface area contributed by atoms with Gasteiger partial charge in [0.15, 0.2) is 0 Å². The van der Waals surface area contributed by atoms with Crippen LogP contribution >= 0.6 is 0 Å². The summed E-state index contributed by atoms with van der Waals surface area (Å²) in [4.78, 5) is 11.2. The highest BCUT2D eigenvalue weighted by atomic mass is 16.5. The molecule has 3 aromatic rings. The lowest BCUT2D eigenvalue weighted by Crippen LogP contribution is -2.39. The molecule has 0 amide bonds. The van der Waals surface area contributed by atoms with Crippen molar-refractivity contribution in [2.75, 3.05) is 57.1 Å². The maximum absolute atomic E-state index is 9.60. The summed E-state index contributed by atoms with van der Waals surface area (Å²) in [6, 6.07) is 11.7. The number of anilines is 3. The number of benzene rings is 1. The van der Waals surface area contributed by atoms with Crippen molar-refractivity contribution in [2.24, 2.45) is 0 Å². The fourth-order valence-electron chi connectivity index (χ4n) is 3.40. The van der Waals surface area contributed by atoms with Crippen LogP contribution in [0.2, 0.25) is 0 Å². The fourth-order valence-corrected chi connectivity index (χ4v) is 3.40. The van der Waals surface area contributed by atoms with E-state index in [0.717, 1.165) is 67.6 Å². The smallest absolute Gasteiger partial charge is 0.126 e. The van der Waals surface area contributed by atoms with Crippen LogP contribution < -0.4 is 15.4 Å². The first-order valence-electron chi connectivity index (χ1n) is 9.91. The zero-order valence-corrected chi connectivity index (χ0v) is 16.9. The molecule has 1 fully saturated rings. The van der Waals surface area contributed by atoms with Gasteiger partial charge in [0.2, 0.25) is 0 Å². The number of pyridine rings is 2. The van der Waals surface area contributed by atoms with E-state index in [1.54, 1.807) is 19.5 Å². The predicted molar refractivity (Wildman–Crippen MR) is 116 cm³/mol. The molecule has 4 rings (SSSR count). The van der Waals surface area contributed by atoms with Gasteiger partial charge in [-0.25, -0.2) is 4.98 Å². The van der Waals surface area contributed by atoms with Crippen molar-refractivity contribution in [2.45, 2.75) is 0 Å². The molecule has 0 bridgehead atoms. The molecule has 8 nitrogen and oxygen atoms in total. The SMILES string of the molecule is COc1ccc(Nc2c(C#N)cnc3cnc(NCCN4CCOCC4)cc23)cc1.